The van der Waals surface area contributed by atoms with E-state index in [-0.39, 0.29) is 5.91 Å². The number of nitrogens with one attached hydrogen (secondary N) is 2. The van der Waals surface area contributed by atoms with Crippen LogP contribution in [0.2, 0.25) is 0 Å². The molecule has 18 heavy (non-hydrogen) atoms. The number of hydrazine groups is 1. The molecule has 1 aromatic rings. The van der Waals surface area contributed by atoms with Gasteiger partial charge in [-0.15, -0.1) is 0 Å². The van der Waals surface area contributed by atoms with Gasteiger partial charge in [0.25, 0.3) is 0 Å². The van der Waals surface area contributed by atoms with Crippen molar-refractivity contribution in [3.05, 3.63) is 35.9 Å². The van der Waals surface area contributed by atoms with Crippen molar-refractivity contribution >= 4 is 5.91 Å². The maximum atomic E-state index is 11.0. The molecule has 0 spiro atoms. The van der Waals surface area contributed by atoms with Crippen molar-refractivity contribution in [1.29, 1.82) is 0 Å². The van der Waals surface area contributed by atoms with Crippen molar-refractivity contribution < 1.29 is 4.79 Å². The Morgan fingerprint density at radius 1 is 1.22 bits per heavy atom. The quantitative estimate of drug-likeness (QED) is 0.801. The molecule has 98 valence electrons. The molecule has 1 saturated carbocycles. The van der Waals surface area contributed by atoms with E-state index in [1.54, 1.807) is 6.92 Å². The molecule has 2 N–H and O–H groups in total. The van der Waals surface area contributed by atoms with Crippen LogP contribution in [-0.2, 0) is 11.2 Å². The molecule has 1 aliphatic carbocycles. The second-order valence-electron chi connectivity index (χ2n) is 5.17. The molecule has 2 atom stereocenters. The number of hydrogen-bond donors (Lipinski definition) is 2. The summed E-state index contributed by atoms with van der Waals surface area (Å²) in [5, 5.41) is 0. The molecule has 2 rings (SSSR count). The Hall–Kier alpha value is -1.35. The number of carbonyl (C=O) groups is 1. The highest BCUT2D eigenvalue weighted by Gasteiger charge is 2.25. The third kappa shape index (κ3) is 3.84. The molecule has 0 bridgehead atoms. The first-order valence-corrected chi connectivity index (χ1v) is 6.82. The highest BCUT2D eigenvalue weighted by molar-refractivity contribution is 5.72. The van der Waals surface area contributed by atoms with Gasteiger partial charge >= 0.3 is 0 Å². The average Bonchev–Trinajstić information content (AvgIpc) is 2.39. The second-order valence-corrected chi connectivity index (χ2v) is 5.17. The summed E-state index contributed by atoms with van der Waals surface area (Å²) < 4.78 is 0. The normalized spacial score (nSPS) is 23.6. The van der Waals surface area contributed by atoms with Gasteiger partial charge in [-0.3, -0.25) is 10.2 Å². The van der Waals surface area contributed by atoms with E-state index in [4.69, 9.17) is 0 Å². The zero-order valence-corrected chi connectivity index (χ0v) is 11.0. The minimum atomic E-state index is -0.0148. The first-order valence-electron chi connectivity index (χ1n) is 6.82. The van der Waals surface area contributed by atoms with E-state index in [2.05, 4.69) is 41.2 Å². The fraction of sp³-hybridized carbons (Fsp3) is 0.533. The van der Waals surface area contributed by atoms with Gasteiger partial charge in [-0.1, -0.05) is 43.2 Å². The SMILES string of the molecule is CC(=O)NN[C@H]1CCCC[C@@H]1Cc1ccccc1. The Bertz CT molecular complexity index is 377. The van der Waals surface area contributed by atoms with E-state index in [1.807, 2.05) is 0 Å². The van der Waals surface area contributed by atoms with Crippen LogP contribution in [0.3, 0.4) is 0 Å². The van der Waals surface area contributed by atoms with Crippen LogP contribution in [-0.4, -0.2) is 11.9 Å². The summed E-state index contributed by atoms with van der Waals surface area (Å²) in [6.45, 7) is 1.54. The van der Waals surface area contributed by atoms with Crippen molar-refractivity contribution in [3.8, 4) is 0 Å². The monoisotopic (exact) mass is 246 g/mol. The number of hydrogen-bond acceptors (Lipinski definition) is 2. The van der Waals surface area contributed by atoms with Crippen LogP contribution in [0.15, 0.2) is 30.3 Å². The lowest BCUT2D eigenvalue weighted by Crippen LogP contribution is -2.48. The molecule has 1 amide bonds. The van der Waals surface area contributed by atoms with Gasteiger partial charge in [-0.2, -0.15) is 0 Å². The first-order chi connectivity index (χ1) is 8.75. The molecule has 1 aromatic carbocycles. The average molecular weight is 246 g/mol. The van der Waals surface area contributed by atoms with E-state index in [0.717, 1.165) is 12.8 Å². The molecule has 0 saturated heterocycles. The maximum absolute atomic E-state index is 11.0. The highest BCUT2D eigenvalue weighted by Crippen LogP contribution is 2.27. The van der Waals surface area contributed by atoms with Crippen LogP contribution >= 0.6 is 0 Å². The number of carbonyl (C=O) groups excluding carboxylic acids is 1. The van der Waals surface area contributed by atoms with Gasteiger partial charge in [-0.05, 0) is 30.7 Å². The molecule has 0 heterocycles. The van der Waals surface area contributed by atoms with Gasteiger partial charge in [0.15, 0.2) is 0 Å². The molecular weight excluding hydrogens is 224 g/mol. The van der Waals surface area contributed by atoms with Gasteiger partial charge in [0.1, 0.15) is 0 Å². The van der Waals surface area contributed by atoms with Crippen LogP contribution in [0.5, 0.6) is 0 Å². The van der Waals surface area contributed by atoms with Gasteiger partial charge in [-0.25, -0.2) is 5.43 Å². The molecule has 1 fully saturated rings. The molecule has 3 heteroatoms. The molecule has 1 aliphatic rings. The standard InChI is InChI=1S/C15H22N2O/c1-12(18)16-17-15-10-6-5-9-14(15)11-13-7-3-2-4-8-13/h2-4,7-8,14-15,17H,5-6,9-11H2,1H3,(H,16,18)/t14-,15+/m1/s1. The van der Waals surface area contributed by atoms with Crippen LogP contribution in [0, 0.1) is 5.92 Å². The fourth-order valence-corrected chi connectivity index (χ4v) is 2.75. The van der Waals surface area contributed by atoms with Crippen LogP contribution < -0.4 is 10.9 Å². The van der Waals surface area contributed by atoms with Crippen LogP contribution in [0.25, 0.3) is 0 Å². The smallest absolute Gasteiger partial charge is 0.230 e. The Balaban J connectivity index is 1.93. The Kier molecular flexibility index (Phi) is 4.76. The summed E-state index contributed by atoms with van der Waals surface area (Å²) in [6, 6.07) is 11.0. The van der Waals surface area contributed by atoms with E-state index in [1.165, 1.54) is 24.8 Å². The lowest BCUT2D eigenvalue weighted by Gasteiger charge is -2.32. The molecule has 0 aliphatic heterocycles. The van der Waals surface area contributed by atoms with Crippen LogP contribution in [0.1, 0.15) is 38.2 Å². The van der Waals surface area contributed by atoms with Gasteiger partial charge < -0.3 is 0 Å². The summed E-state index contributed by atoms with van der Waals surface area (Å²) in [5.41, 5.74) is 7.32. The number of benzene rings is 1. The zero-order valence-electron chi connectivity index (χ0n) is 11.0. The van der Waals surface area contributed by atoms with Crippen molar-refractivity contribution in [3.63, 3.8) is 0 Å². The molecular formula is C15H22N2O. The summed E-state index contributed by atoms with van der Waals surface area (Å²) in [7, 11) is 0. The van der Waals surface area contributed by atoms with Gasteiger partial charge in [0.2, 0.25) is 5.91 Å². The summed E-state index contributed by atoms with van der Waals surface area (Å²) >= 11 is 0. The largest absolute Gasteiger partial charge is 0.292 e. The molecule has 0 aromatic heterocycles. The zero-order chi connectivity index (χ0) is 12.8. The first kappa shape index (κ1) is 13.1. The van der Waals surface area contributed by atoms with E-state index in [0.29, 0.717) is 12.0 Å². The Morgan fingerprint density at radius 2 is 1.94 bits per heavy atom. The minimum Gasteiger partial charge on any atom is -0.292 e. The summed E-state index contributed by atoms with van der Waals surface area (Å²) in [5.74, 6) is 0.604. The maximum Gasteiger partial charge on any atom is 0.230 e. The third-order valence-corrected chi connectivity index (χ3v) is 3.68. The Morgan fingerprint density at radius 3 is 2.67 bits per heavy atom. The molecule has 3 nitrogen and oxygen atoms in total. The summed E-state index contributed by atoms with van der Waals surface area (Å²) in [4.78, 5) is 11.0. The predicted molar refractivity (Wildman–Crippen MR) is 72.8 cm³/mol. The highest BCUT2D eigenvalue weighted by atomic mass is 16.2. The van der Waals surface area contributed by atoms with Crippen molar-refractivity contribution in [1.82, 2.24) is 10.9 Å². The van der Waals surface area contributed by atoms with Gasteiger partial charge in [0.05, 0.1) is 0 Å². The van der Waals surface area contributed by atoms with Crippen molar-refractivity contribution in [2.24, 2.45) is 5.92 Å². The third-order valence-electron chi connectivity index (χ3n) is 3.68. The lowest BCUT2D eigenvalue weighted by atomic mass is 9.81. The van der Waals surface area contributed by atoms with Crippen molar-refractivity contribution in [2.45, 2.75) is 45.1 Å². The minimum absolute atomic E-state index is 0.0148. The van der Waals surface area contributed by atoms with E-state index >= 15 is 0 Å². The topological polar surface area (TPSA) is 41.1 Å². The number of rotatable bonds is 4. The van der Waals surface area contributed by atoms with E-state index < -0.39 is 0 Å². The van der Waals surface area contributed by atoms with E-state index in [9.17, 15) is 4.79 Å². The lowest BCUT2D eigenvalue weighted by molar-refractivity contribution is -0.120. The fourth-order valence-electron chi connectivity index (χ4n) is 2.75. The number of amides is 1. The van der Waals surface area contributed by atoms with Crippen molar-refractivity contribution in [2.75, 3.05) is 0 Å². The van der Waals surface area contributed by atoms with Crippen LogP contribution in [0.4, 0.5) is 0 Å². The summed E-state index contributed by atoms with van der Waals surface area (Å²) in [6.07, 6.45) is 6.04. The second kappa shape index (κ2) is 6.55. The molecule has 0 radical (unpaired) electrons. The Labute approximate surface area is 109 Å². The predicted octanol–water partition coefficient (Wildman–Crippen LogP) is 2.43. The van der Waals surface area contributed by atoms with Gasteiger partial charge in [0, 0.05) is 13.0 Å². The molecule has 0 unspecified atom stereocenters.